The van der Waals surface area contributed by atoms with E-state index in [-0.39, 0.29) is 17.3 Å². The summed E-state index contributed by atoms with van der Waals surface area (Å²) in [5.41, 5.74) is 1.55. The van der Waals surface area contributed by atoms with Crippen molar-refractivity contribution < 1.29 is 13.2 Å². The number of nitrogens with two attached hydrogens (primary N) is 1. The van der Waals surface area contributed by atoms with Crippen LogP contribution in [0.2, 0.25) is 0 Å². The first-order valence-corrected chi connectivity index (χ1v) is 6.57. The molecule has 0 bridgehead atoms. The first-order valence-electron chi connectivity index (χ1n) is 5.02. The van der Waals surface area contributed by atoms with Gasteiger partial charge in [-0.2, -0.15) is 0 Å². The Bertz CT molecular complexity index is 580. The fourth-order valence-electron chi connectivity index (χ4n) is 1.49. The topological polar surface area (TPSA) is 69.4 Å². The van der Waals surface area contributed by atoms with Gasteiger partial charge in [-0.15, -0.1) is 5.92 Å². The fourth-order valence-corrected chi connectivity index (χ4v) is 2.32. The molecule has 0 aliphatic heterocycles. The van der Waals surface area contributed by atoms with Gasteiger partial charge in [0.2, 0.25) is 10.0 Å². The van der Waals surface area contributed by atoms with Crippen LogP contribution in [-0.2, 0) is 10.0 Å². The van der Waals surface area contributed by atoms with Crippen molar-refractivity contribution in [3.63, 3.8) is 0 Å². The van der Waals surface area contributed by atoms with Crippen LogP contribution in [0.15, 0.2) is 17.0 Å². The molecule has 0 amide bonds. The Hall–Kier alpha value is -1.51. The number of hydrogen-bond acceptors (Lipinski definition) is 3. The van der Waals surface area contributed by atoms with E-state index in [1.807, 2.05) is 6.07 Å². The summed E-state index contributed by atoms with van der Waals surface area (Å²) in [6.45, 7) is 5.41. The molecule has 0 aromatic heterocycles. The Kier molecular flexibility index (Phi) is 4.16. The van der Waals surface area contributed by atoms with Crippen LogP contribution in [0.3, 0.4) is 0 Å². The first kappa shape index (κ1) is 13.6. The van der Waals surface area contributed by atoms with E-state index in [0.29, 0.717) is 0 Å². The Morgan fingerprint density at radius 3 is 2.53 bits per heavy atom. The van der Waals surface area contributed by atoms with Gasteiger partial charge >= 0.3 is 0 Å². The highest BCUT2D eigenvalue weighted by molar-refractivity contribution is 7.89. The molecule has 0 fully saturated rings. The van der Waals surface area contributed by atoms with Crippen molar-refractivity contribution in [3.8, 4) is 17.6 Å². The molecule has 0 saturated carbocycles. The molecular weight excluding hydrogens is 238 g/mol. The molecule has 17 heavy (non-hydrogen) atoms. The minimum absolute atomic E-state index is 0.00732. The van der Waals surface area contributed by atoms with Gasteiger partial charge in [-0.3, -0.25) is 0 Å². The molecule has 1 aromatic carbocycles. The number of hydrogen-bond donors (Lipinski definition) is 1. The normalized spacial score (nSPS) is 10.6. The predicted molar refractivity (Wildman–Crippen MR) is 66.2 cm³/mol. The van der Waals surface area contributed by atoms with Crippen LogP contribution in [0.4, 0.5) is 0 Å². The van der Waals surface area contributed by atoms with Crippen molar-refractivity contribution in [2.45, 2.75) is 25.7 Å². The molecule has 2 N–H and O–H groups in total. The number of rotatable bonds is 3. The summed E-state index contributed by atoms with van der Waals surface area (Å²) in [5, 5.41) is 5.16. The molecular formula is C12H15NO3S. The summed E-state index contributed by atoms with van der Waals surface area (Å²) in [5.74, 6) is 5.66. The minimum Gasteiger partial charge on any atom is -0.479 e. The van der Waals surface area contributed by atoms with Crippen LogP contribution in [0.1, 0.15) is 18.1 Å². The zero-order chi connectivity index (χ0) is 13.1. The average Bonchev–Trinajstić information content (AvgIpc) is 2.19. The van der Waals surface area contributed by atoms with Gasteiger partial charge in [0, 0.05) is 0 Å². The fraction of sp³-hybridized carbons (Fsp3) is 0.333. The van der Waals surface area contributed by atoms with E-state index in [2.05, 4.69) is 11.8 Å². The van der Waals surface area contributed by atoms with E-state index in [9.17, 15) is 8.42 Å². The maximum Gasteiger partial charge on any atom is 0.241 e. The van der Waals surface area contributed by atoms with Crippen LogP contribution < -0.4 is 9.88 Å². The lowest BCUT2D eigenvalue weighted by Crippen LogP contribution is -2.15. The van der Waals surface area contributed by atoms with Crippen LogP contribution in [-0.4, -0.2) is 15.0 Å². The third-order valence-corrected chi connectivity index (χ3v) is 3.07. The standard InChI is InChI=1S/C12H15NO3S/c1-4-5-6-16-12-10(3)7-9(2)8-11(12)17(13,14)15/h7-8H,6H2,1-3H3,(H2,13,14,15). The van der Waals surface area contributed by atoms with Gasteiger partial charge in [0.25, 0.3) is 0 Å². The van der Waals surface area contributed by atoms with Crippen LogP contribution >= 0.6 is 0 Å². The van der Waals surface area contributed by atoms with Crippen molar-refractivity contribution in [1.82, 2.24) is 0 Å². The van der Waals surface area contributed by atoms with E-state index in [1.54, 1.807) is 20.8 Å². The second-order valence-electron chi connectivity index (χ2n) is 3.67. The second-order valence-corrected chi connectivity index (χ2v) is 5.20. The van der Waals surface area contributed by atoms with Gasteiger partial charge in [-0.25, -0.2) is 13.6 Å². The van der Waals surface area contributed by atoms with E-state index in [1.165, 1.54) is 6.07 Å². The van der Waals surface area contributed by atoms with Crippen LogP contribution in [0.5, 0.6) is 5.75 Å². The van der Waals surface area contributed by atoms with Crippen LogP contribution in [0, 0.1) is 25.7 Å². The molecule has 0 atom stereocenters. The highest BCUT2D eigenvalue weighted by atomic mass is 32.2. The van der Waals surface area contributed by atoms with E-state index in [0.717, 1.165) is 11.1 Å². The summed E-state index contributed by atoms with van der Waals surface area (Å²) in [6.07, 6.45) is 0. The molecule has 0 aliphatic carbocycles. The zero-order valence-electron chi connectivity index (χ0n) is 10.1. The highest BCUT2D eigenvalue weighted by Gasteiger charge is 2.17. The molecule has 1 rings (SSSR count). The maximum atomic E-state index is 11.5. The monoisotopic (exact) mass is 253 g/mol. The van der Waals surface area contributed by atoms with Crippen molar-refractivity contribution in [2.24, 2.45) is 5.14 Å². The van der Waals surface area contributed by atoms with Gasteiger partial charge in [0.15, 0.2) is 0 Å². The SMILES string of the molecule is CC#CCOc1c(C)cc(C)cc1S(N)(=O)=O. The van der Waals surface area contributed by atoms with Crippen molar-refractivity contribution in [3.05, 3.63) is 23.3 Å². The van der Waals surface area contributed by atoms with E-state index in [4.69, 9.17) is 9.88 Å². The molecule has 0 saturated heterocycles. The van der Waals surface area contributed by atoms with Gasteiger partial charge in [0.1, 0.15) is 17.3 Å². The molecule has 1 aromatic rings. The summed E-state index contributed by atoms with van der Waals surface area (Å²) in [6, 6.07) is 3.33. The lowest BCUT2D eigenvalue weighted by Gasteiger charge is -2.12. The molecule has 0 heterocycles. The quantitative estimate of drug-likeness (QED) is 0.827. The first-order chi connectivity index (χ1) is 7.86. The number of benzene rings is 1. The summed E-state index contributed by atoms with van der Waals surface area (Å²) < 4.78 is 28.3. The van der Waals surface area contributed by atoms with Gasteiger partial charge in [0.05, 0.1) is 0 Å². The summed E-state index contributed by atoms with van der Waals surface area (Å²) in [4.78, 5) is 0.00732. The number of ether oxygens (including phenoxy) is 1. The Morgan fingerprint density at radius 2 is 2.00 bits per heavy atom. The lowest BCUT2D eigenvalue weighted by atomic mass is 10.1. The predicted octanol–water partition coefficient (Wildman–Crippen LogP) is 1.35. The second kappa shape index (κ2) is 5.21. The summed E-state index contributed by atoms with van der Waals surface area (Å²) in [7, 11) is -3.79. The van der Waals surface area contributed by atoms with Crippen LogP contribution in [0.25, 0.3) is 0 Å². The number of sulfonamides is 1. The Labute approximate surface area is 102 Å². The molecule has 0 unspecified atom stereocenters. The van der Waals surface area contributed by atoms with Crippen molar-refractivity contribution in [2.75, 3.05) is 6.61 Å². The molecule has 92 valence electrons. The van der Waals surface area contributed by atoms with Crippen molar-refractivity contribution in [1.29, 1.82) is 0 Å². The molecule has 4 nitrogen and oxygen atoms in total. The van der Waals surface area contributed by atoms with Gasteiger partial charge in [-0.05, 0) is 38.0 Å². The molecule has 5 heteroatoms. The third-order valence-electron chi connectivity index (χ3n) is 2.16. The number of aryl methyl sites for hydroxylation is 2. The summed E-state index contributed by atoms with van der Waals surface area (Å²) >= 11 is 0. The van der Waals surface area contributed by atoms with E-state index >= 15 is 0 Å². The molecule has 0 radical (unpaired) electrons. The van der Waals surface area contributed by atoms with Gasteiger partial charge < -0.3 is 4.74 Å². The molecule has 0 aliphatic rings. The zero-order valence-corrected chi connectivity index (χ0v) is 10.9. The third kappa shape index (κ3) is 3.48. The molecule has 0 spiro atoms. The Balaban J connectivity index is 3.29. The largest absolute Gasteiger partial charge is 0.479 e. The Morgan fingerprint density at radius 1 is 1.35 bits per heavy atom. The highest BCUT2D eigenvalue weighted by Crippen LogP contribution is 2.28. The van der Waals surface area contributed by atoms with Crippen molar-refractivity contribution >= 4 is 10.0 Å². The van der Waals surface area contributed by atoms with E-state index < -0.39 is 10.0 Å². The number of primary sulfonamides is 1. The lowest BCUT2D eigenvalue weighted by molar-refractivity contribution is 0.357. The minimum atomic E-state index is -3.79. The average molecular weight is 253 g/mol. The van der Waals surface area contributed by atoms with Gasteiger partial charge in [-0.1, -0.05) is 12.0 Å². The maximum absolute atomic E-state index is 11.5. The smallest absolute Gasteiger partial charge is 0.241 e.